The van der Waals surface area contributed by atoms with Crippen molar-refractivity contribution in [1.29, 1.82) is 0 Å². The van der Waals surface area contributed by atoms with Gasteiger partial charge in [0, 0.05) is 0 Å². The fourth-order valence-electron chi connectivity index (χ4n) is 3.31. The van der Waals surface area contributed by atoms with Crippen LogP contribution >= 0.6 is 0 Å². The molecular weight excluding hydrogens is 481 g/mol. The molecule has 0 saturated heterocycles. The van der Waals surface area contributed by atoms with Gasteiger partial charge in [-0.15, -0.1) is 0 Å². The second kappa shape index (κ2) is 12.6. The minimum atomic E-state index is -7.43. The molecular formula is C18H32F9NO3S. The SMILES string of the molecule is CCCCC[N+](CCC)(CCC)CCC.O=S(=O)([O-])C(F)(F)C(F)(F)C(F)(F)C(F)(F)F. The lowest BCUT2D eigenvalue weighted by atomic mass is 10.1. The fraction of sp³-hybridized carbons (Fsp3) is 1.00. The van der Waals surface area contributed by atoms with Gasteiger partial charge in [-0.3, -0.25) is 0 Å². The minimum absolute atomic E-state index is 1.34. The van der Waals surface area contributed by atoms with Gasteiger partial charge in [0.2, 0.25) is 0 Å². The third-order valence-electron chi connectivity index (χ3n) is 4.76. The van der Waals surface area contributed by atoms with E-state index < -0.39 is 33.4 Å². The zero-order valence-electron chi connectivity index (χ0n) is 18.6. The lowest BCUT2D eigenvalue weighted by molar-refractivity contribution is -0.928. The van der Waals surface area contributed by atoms with Gasteiger partial charge >= 0.3 is 23.3 Å². The highest BCUT2D eigenvalue weighted by atomic mass is 32.2. The number of rotatable bonds is 13. The van der Waals surface area contributed by atoms with Crippen molar-refractivity contribution in [2.45, 2.75) is 89.5 Å². The Labute approximate surface area is 183 Å². The summed E-state index contributed by atoms with van der Waals surface area (Å²) in [6.07, 6.45) is 1.05. The second-order valence-corrected chi connectivity index (χ2v) is 8.98. The lowest BCUT2D eigenvalue weighted by Gasteiger charge is -2.38. The van der Waals surface area contributed by atoms with E-state index in [1.807, 2.05) is 0 Å². The van der Waals surface area contributed by atoms with Crippen LogP contribution in [0.4, 0.5) is 39.5 Å². The smallest absolute Gasteiger partial charge is 0.460 e. The first-order valence-electron chi connectivity index (χ1n) is 10.2. The van der Waals surface area contributed by atoms with Crippen LogP contribution in [0.2, 0.25) is 0 Å². The van der Waals surface area contributed by atoms with Gasteiger partial charge in [-0.1, -0.05) is 34.1 Å². The molecule has 0 aliphatic heterocycles. The van der Waals surface area contributed by atoms with Crippen LogP contribution in [0, 0.1) is 0 Å². The van der Waals surface area contributed by atoms with Gasteiger partial charge < -0.3 is 9.04 Å². The molecule has 0 bridgehead atoms. The molecule has 32 heavy (non-hydrogen) atoms. The molecule has 0 aliphatic rings. The molecule has 0 aromatic heterocycles. The monoisotopic (exact) mass is 513 g/mol. The fourth-order valence-corrected chi connectivity index (χ4v) is 3.75. The molecule has 0 atom stereocenters. The summed E-state index contributed by atoms with van der Waals surface area (Å²) in [5, 5.41) is -7.11. The summed E-state index contributed by atoms with van der Waals surface area (Å²) < 4.78 is 137. The van der Waals surface area contributed by atoms with Crippen LogP contribution in [0.1, 0.15) is 66.2 Å². The quantitative estimate of drug-likeness (QED) is 0.128. The van der Waals surface area contributed by atoms with Crippen LogP contribution in [-0.4, -0.2) is 66.9 Å². The van der Waals surface area contributed by atoms with Gasteiger partial charge in [0.05, 0.1) is 26.2 Å². The molecule has 0 amide bonds. The lowest BCUT2D eigenvalue weighted by Crippen LogP contribution is -2.63. The van der Waals surface area contributed by atoms with Crippen LogP contribution in [0.3, 0.4) is 0 Å². The highest BCUT2D eigenvalue weighted by molar-refractivity contribution is 7.86. The van der Waals surface area contributed by atoms with Gasteiger partial charge in [-0.2, -0.15) is 39.5 Å². The molecule has 0 spiro atoms. The van der Waals surface area contributed by atoms with E-state index in [9.17, 15) is 52.5 Å². The predicted molar refractivity (Wildman–Crippen MR) is 101 cm³/mol. The summed E-state index contributed by atoms with van der Waals surface area (Å²) in [6, 6.07) is 0. The Bertz CT molecular complexity index is 621. The Kier molecular flexibility index (Phi) is 13.2. The van der Waals surface area contributed by atoms with E-state index in [2.05, 4.69) is 27.7 Å². The Morgan fingerprint density at radius 2 is 1.00 bits per heavy atom. The molecule has 0 aromatic rings. The Balaban J connectivity index is 0. The zero-order valence-corrected chi connectivity index (χ0v) is 19.4. The molecule has 14 heteroatoms. The molecule has 4 nitrogen and oxygen atoms in total. The molecule has 0 radical (unpaired) electrons. The highest BCUT2D eigenvalue weighted by Gasteiger charge is 2.83. The molecule has 0 fully saturated rings. The van der Waals surface area contributed by atoms with Gasteiger partial charge in [0.1, 0.15) is 0 Å². The van der Waals surface area contributed by atoms with Crippen molar-refractivity contribution < 1.29 is 57.0 Å². The number of hydrogen-bond donors (Lipinski definition) is 0. The maximum atomic E-state index is 12.2. The molecule has 0 unspecified atom stereocenters. The van der Waals surface area contributed by atoms with E-state index in [0.717, 1.165) is 0 Å². The van der Waals surface area contributed by atoms with Crippen molar-refractivity contribution in [3.63, 3.8) is 0 Å². The van der Waals surface area contributed by atoms with Crippen LogP contribution < -0.4 is 0 Å². The summed E-state index contributed by atoms with van der Waals surface area (Å²) in [5.41, 5.74) is 0. The highest BCUT2D eigenvalue weighted by Crippen LogP contribution is 2.54. The summed E-state index contributed by atoms with van der Waals surface area (Å²) in [6.45, 7) is 14.9. The number of unbranched alkanes of at least 4 members (excludes halogenated alkanes) is 2. The van der Waals surface area contributed by atoms with E-state index in [4.69, 9.17) is 0 Å². The first-order chi connectivity index (χ1) is 14.2. The Hall–Kier alpha value is -0.760. The van der Waals surface area contributed by atoms with Gasteiger partial charge in [0.25, 0.3) is 0 Å². The van der Waals surface area contributed by atoms with Crippen LogP contribution in [0.15, 0.2) is 0 Å². The third-order valence-corrected chi connectivity index (χ3v) is 5.64. The number of halogens is 9. The van der Waals surface area contributed by atoms with Crippen LogP contribution in [0.25, 0.3) is 0 Å². The maximum Gasteiger partial charge on any atom is 0.460 e. The summed E-state index contributed by atoms with van der Waals surface area (Å²) in [5.74, 6) is -14.8. The number of alkyl halides is 9. The first-order valence-corrected chi connectivity index (χ1v) is 11.7. The summed E-state index contributed by atoms with van der Waals surface area (Å²) >= 11 is 0. The number of nitrogens with zero attached hydrogens (tertiary/aromatic N) is 1. The number of quaternary nitrogens is 1. The number of hydrogen-bond acceptors (Lipinski definition) is 3. The average molecular weight is 514 g/mol. The van der Waals surface area contributed by atoms with Crippen molar-refractivity contribution in [2.75, 3.05) is 26.2 Å². The van der Waals surface area contributed by atoms with Crippen molar-refractivity contribution in [3.8, 4) is 0 Å². The topological polar surface area (TPSA) is 57.2 Å². The van der Waals surface area contributed by atoms with Crippen molar-refractivity contribution >= 4 is 10.1 Å². The van der Waals surface area contributed by atoms with Gasteiger partial charge in [0.15, 0.2) is 10.1 Å². The minimum Gasteiger partial charge on any atom is -0.743 e. The van der Waals surface area contributed by atoms with Crippen LogP contribution in [0.5, 0.6) is 0 Å². The van der Waals surface area contributed by atoms with E-state index in [0.29, 0.717) is 0 Å². The van der Waals surface area contributed by atoms with Crippen LogP contribution in [-0.2, 0) is 10.1 Å². The van der Waals surface area contributed by atoms with E-state index in [1.54, 1.807) is 0 Å². The first kappa shape index (κ1) is 33.4. The Morgan fingerprint density at radius 3 is 1.25 bits per heavy atom. The second-order valence-electron chi connectivity index (χ2n) is 7.56. The van der Waals surface area contributed by atoms with Gasteiger partial charge in [-0.05, 0) is 32.1 Å². The largest absolute Gasteiger partial charge is 0.743 e. The van der Waals surface area contributed by atoms with Gasteiger partial charge in [-0.25, -0.2) is 8.42 Å². The van der Waals surface area contributed by atoms with Crippen molar-refractivity contribution in [3.05, 3.63) is 0 Å². The standard InChI is InChI=1S/C14H32N.C4HF9O3S/c1-5-9-10-14-15(11-6-2,12-7-3)13-8-4;5-1(6,3(9,10)11)2(7,8)4(12,13)17(14,15)16/h5-14H2,1-4H3;(H,14,15,16)/q+1;/p-1. The summed E-state index contributed by atoms with van der Waals surface area (Å²) in [4.78, 5) is 0. The average Bonchev–Trinajstić information content (AvgIpc) is 2.61. The molecule has 0 heterocycles. The Morgan fingerprint density at radius 1 is 0.625 bits per heavy atom. The maximum absolute atomic E-state index is 12.2. The van der Waals surface area contributed by atoms with E-state index in [1.165, 1.54) is 69.2 Å². The molecule has 0 aromatic carbocycles. The normalized spacial score (nSPS) is 14.2. The molecule has 196 valence electrons. The zero-order chi connectivity index (χ0) is 26.1. The van der Waals surface area contributed by atoms with E-state index >= 15 is 0 Å². The predicted octanol–water partition coefficient (Wildman–Crippen LogP) is 6.18. The molecule has 0 aliphatic carbocycles. The molecule has 0 saturated carbocycles. The van der Waals surface area contributed by atoms with E-state index in [-0.39, 0.29) is 0 Å². The molecule has 0 rings (SSSR count). The molecule has 0 N–H and O–H groups in total. The van der Waals surface area contributed by atoms with Crippen molar-refractivity contribution in [1.82, 2.24) is 0 Å². The third kappa shape index (κ3) is 8.23. The summed E-state index contributed by atoms with van der Waals surface area (Å²) in [7, 11) is -7.42. The van der Waals surface area contributed by atoms with Crippen molar-refractivity contribution in [2.24, 2.45) is 0 Å².